The Kier molecular flexibility index (Phi) is 5.16. The first-order valence-electron chi connectivity index (χ1n) is 9.44. The average molecular weight is 406 g/mol. The van der Waals surface area contributed by atoms with E-state index < -0.39 is 35.2 Å². The lowest BCUT2D eigenvalue weighted by Crippen LogP contribution is -2.48. The van der Waals surface area contributed by atoms with Crippen molar-refractivity contribution in [2.75, 3.05) is 13.1 Å². The van der Waals surface area contributed by atoms with Crippen molar-refractivity contribution < 1.29 is 22.7 Å². The zero-order valence-corrected chi connectivity index (χ0v) is 15.8. The highest BCUT2D eigenvalue weighted by Crippen LogP contribution is 2.45. The molecule has 1 aromatic carbocycles. The lowest BCUT2D eigenvalue weighted by atomic mass is 9.65. The van der Waals surface area contributed by atoms with Gasteiger partial charge in [0.05, 0.1) is 11.7 Å². The van der Waals surface area contributed by atoms with Crippen LogP contribution in [0, 0.1) is 11.6 Å². The van der Waals surface area contributed by atoms with Crippen LogP contribution in [-0.2, 0) is 5.41 Å². The van der Waals surface area contributed by atoms with Gasteiger partial charge in [-0.2, -0.15) is 0 Å². The molecule has 29 heavy (non-hydrogen) atoms. The van der Waals surface area contributed by atoms with Crippen molar-refractivity contribution in [3.8, 4) is 5.75 Å². The van der Waals surface area contributed by atoms with E-state index in [-0.39, 0.29) is 24.1 Å². The van der Waals surface area contributed by atoms with E-state index >= 15 is 0 Å². The summed E-state index contributed by atoms with van der Waals surface area (Å²) in [6.07, 6.45) is 2.62. The van der Waals surface area contributed by atoms with Crippen LogP contribution >= 0.6 is 0 Å². The lowest BCUT2D eigenvalue weighted by molar-refractivity contribution is 0.0443. The van der Waals surface area contributed by atoms with Gasteiger partial charge in [-0.25, -0.2) is 18.2 Å². The molecule has 2 aliphatic rings. The zero-order valence-electron chi connectivity index (χ0n) is 15.8. The number of hydrogen-bond acceptors (Lipinski definition) is 5. The molecule has 1 aliphatic heterocycles. The number of hydrogen-bond donors (Lipinski definition) is 2. The number of nitrogens with zero attached hydrogens (tertiary/aromatic N) is 2. The number of amides is 1. The van der Waals surface area contributed by atoms with Crippen LogP contribution in [0.2, 0.25) is 0 Å². The number of carbonyl (C=O) groups is 1. The fourth-order valence-corrected chi connectivity index (χ4v) is 3.94. The Morgan fingerprint density at radius 1 is 1.21 bits per heavy atom. The van der Waals surface area contributed by atoms with Crippen LogP contribution in [0.5, 0.6) is 5.75 Å². The molecule has 0 bridgehead atoms. The van der Waals surface area contributed by atoms with Gasteiger partial charge in [-0.05, 0) is 25.0 Å². The summed E-state index contributed by atoms with van der Waals surface area (Å²) < 4.78 is 45.9. The van der Waals surface area contributed by atoms with Gasteiger partial charge in [-0.3, -0.25) is 9.78 Å². The number of carbonyl (C=O) groups excluding carboxylic acids is 1. The number of rotatable bonds is 5. The highest BCUT2D eigenvalue weighted by Gasteiger charge is 2.46. The predicted molar refractivity (Wildman–Crippen MR) is 98.4 cm³/mol. The van der Waals surface area contributed by atoms with Crippen LogP contribution in [-0.4, -0.2) is 47.3 Å². The van der Waals surface area contributed by atoms with Crippen molar-refractivity contribution in [2.45, 2.75) is 43.5 Å². The Balaban J connectivity index is 1.45. The minimum atomic E-state index is -1.15. The molecule has 2 fully saturated rings. The second kappa shape index (κ2) is 7.62. The minimum absolute atomic E-state index is 0.167. The molecule has 1 saturated heterocycles. The summed E-state index contributed by atoms with van der Waals surface area (Å²) in [5.74, 6) is -2.12. The molecule has 154 valence electrons. The normalized spacial score (nSPS) is 28.6. The number of aromatic nitrogens is 2. The van der Waals surface area contributed by atoms with Crippen molar-refractivity contribution in [2.24, 2.45) is 0 Å². The first-order chi connectivity index (χ1) is 13.9. The molecule has 1 saturated carbocycles. The summed E-state index contributed by atoms with van der Waals surface area (Å²) >= 11 is 0. The van der Waals surface area contributed by atoms with Crippen molar-refractivity contribution in [3.63, 3.8) is 0 Å². The predicted octanol–water partition coefficient (Wildman–Crippen LogP) is 2.29. The number of benzene rings is 1. The molecule has 1 aromatic heterocycles. The summed E-state index contributed by atoms with van der Waals surface area (Å²) in [7, 11) is 0. The van der Waals surface area contributed by atoms with Gasteiger partial charge in [-0.15, -0.1) is 0 Å². The topological polar surface area (TPSA) is 76.1 Å². The van der Waals surface area contributed by atoms with E-state index in [9.17, 15) is 18.0 Å². The third kappa shape index (κ3) is 3.91. The van der Waals surface area contributed by atoms with Crippen molar-refractivity contribution in [1.82, 2.24) is 20.6 Å². The van der Waals surface area contributed by atoms with Gasteiger partial charge in [0, 0.05) is 37.0 Å². The minimum Gasteiger partial charge on any atom is -0.490 e. The first-order valence-corrected chi connectivity index (χ1v) is 9.44. The van der Waals surface area contributed by atoms with Gasteiger partial charge in [0.25, 0.3) is 5.91 Å². The summed E-state index contributed by atoms with van der Waals surface area (Å²) in [6, 6.07) is 2.80. The van der Waals surface area contributed by atoms with Crippen LogP contribution in [0.15, 0.2) is 30.6 Å². The van der Waals surface area contributed by atoms with Crippen LogP contribution in [0.3, 0.4) is 0 Å². The Morgan fingerprint density at radius 3 is 2.66 bits per heavy atom. The molecule has 2 atom stereocenters. The van der Waals surface area contributed by atoms with Gasteiger partial charge in [-0.1, -0.05) is 6.92 Å². The maximum Gasteiger partial charge on any atom is 0.272 e. The number of alkyl halides is 1. The third-order valence-electron chi connectivity index (χ3n) is 5.49. The highest BCUT2D eigenvalue weighted by molar-refractivity contribution is 5.94. The van der Waals surface area contributed by atoms with E-state index in [1.807, 2.05) is 6.92 Å². The van der Waals surface area contributed by atoms with Gasteiger partial charge in [0.15, 0.2) is 11.6 Å². The van der Waals surface area contributed by atoms with E-state index in [4.69, 9.17) is 4.74 Å². The van der Waals surface area contributed by atoms with E-state index in [1.54, 1.807) is 0 Å². The molecule has 4 rings (SSSR count). The van der Waals surface area contributed by atoms with Crippen molar-refractivity contribution >= 4 is 5.91 Å². The smallest absolute Gasteiger partial charge is 0.272 e. The molecule has 0 spiro atoms. The highest BCUT2D eigenvalue weighted by atomic mass is 19.2. The number of nitrogens with one attached hydrogen (secondary N) is 2. The molecular formula is C20H21F3N4O2. The van der Waals surface area contributed by atoms with E-state index in [0.717, 1.165) is 12.1 Å². The fourth-order valence-electron chi connectivity index (χ4n) is 3.94. The summed E-state index contributed by atoms with van der Waals surface area (Å²) in [5.41, 5.74) is 0.220. The largest absolute Gasteiger partial charge is 0.490 e. The molecule has 2 heterocycles. The molecule has 2 unspecified atom stereocenters. The SMILES string of the molecule is CC1(c2nccnc2C(=O)NC2CNCC2F)CC(Oc2ccc(F)c(F)c2)C1. The Bertz CT molecular complexity index is 920. The molecule has 2 N–H and O–H groups in total. The molecule has 1 amide bonds. The first kappa shape index (κ1) is 19.6. The van der Waals surface area contributed by atoms with Gasteiger partial charge >= 0.3 is 0 Å². The van der Waals surface area contributed by atoms with Gasteiger partial charge in [0.1, 0.15) is 23.7 Å². The van der Waals surface area contributed by atoms with Crippen LogP contribution in [0.25, 0.3) is 0 Å². The fraction of sp³-hybridized carbons (Fsp3) is 0.450. The van der Waals surface area contributed by atoms with Gasteiger partial charge in [0.2, 0.25) is 0 Å². The summed E-state index contributed by atoms with van der Waals surface area (Å²) in [5, 5.41) is 5.57. The Morgan fingerprint density at radius 2 is 1.97 bits per heavy atom. The van der Waals surface area contributed by atoms with Gasteiger partial charge < -0.3 is 15.4 Å². The molecule has 2 aromatic rings. The Hall–Kier alpha value is -2.68. The van der Waals surface area contributed by atoms with Crippen LogP contribution in [0.4, 0.5) is 13.2 Å². The van der Waals surface area contributed by atoms with E-state index in [0.29, 0.717) is 25.1 Å². The van der Waals surface area contributed by atoms with Crippen molar-refractivity contribution in [1.29, 1.82) is 0 Å². The zero-order chi connectivity index (χ0) is 20.6. The molecule has 0 radical (unpaired) electrons. The van der Waals surface area contributed by atoms with Crippen LogP contribution in [0.1, 0.15) is 35.9 Å². The second-order valence-corrected chi connectivity index (χ2v) is 7.79. The molecular weight excluding hydrogens is 385 g/mol. The van der Waals surface area contributed by atoms with E-state index in [1.165, 1.54) is 18.5 Å². The maximum absolute atomic E-state index is 13.8. The molecule has 1 aliphatic carbocycles. The standard InChI is InChI=1S/C20H21F3N4O2/c1-20(7-12(8-20)29-11-2-3-13(21)14(22)6-11)18-17(25-4-5-26-18)19(28)27-16-10-24-9-15(16)23/h2-6,12,15-16,24H,7-10H2,1H3,(H,27,28). The third-order valence-corrected chi connectivity index (χ3v) is 5.49. The summed E-state index contributed by atoms with van der Waals surface area (Å²) in [4.78, 5) is 21.2. The lowest BCUT2D eigenvalue weighted by Gasteiger charge is -2.44. The van der Waals surface area contributed by atoms with Crippen molar-refractivity contribution in [3.05, 3.63) is 53.6 Å². The summed E-state index contributed by atoms with van der Waals surface area (Å²) in [6.45, 7) is 2.51. The average Bonchev–Trinajstić information content (AvgIpc) is 3.08. The quantitative estimate of drug-likeness (QED) is 0.797. The Labute approximate surface area is 165 Å². The molecule has 9 heteroatoms. The van der Waals surface area contributed by atoms with E-state index in [2.05, 4.69) is 20.6 Å². The second-order valence-electron chi connectivity index (χ2n) is 7.79. The monoisotopic (exact) mass is 406 g/mol. The van der Waals surface area contributed by atoms with Crippen LogP contribution < -0.4 is 15.4 Å². The number of halogens is 3. The maximum atomic E-state index is 13.8. The molecule has 6 nitrogen and oxygen atoms in total. The number of ether oxygens (including phenoxy) is 1.